The Balaban J connectivity index is 1.93. The molecule has 6 heteroatoms. The molecular formula is C17H29N3O2S. The van der Waals surface area contributed by atoms with E-state index in [0.29, 0.717) is 19.5 Å². The van der Waals surface area contributed by atoms with E-state index in [0.717, 1.165) is 36.9 Å². The van der Waals surface area contributed by atoms with E-state index in [2.05, 4.69) is 33.9 Å². The molecule has 0 bridgehead atoms. The van der Waals surface area contributed by atoms with Crippen LogP contribution in [0.4, 0.5) is 5.69 Å². The molecule has 1 atom stereocenters. The lowest BCUT2D eigenvalue weighted by molar-refractivity contribution is 0.408. The zero-order chi connectivity index (χ0) is 16.9. The fraction of sp³-hybridized carbons (Fsp3) is 0.647. The van der Waals surface area contributed by atoms with E-state index in [9.17, 15) is 8.42 Å². The van der Waals surface area contributed by atoms with E-state index in [4.69, 9.17) is 0 Å². The fourth-order valence-electron chi connectivity index (χ4n) is 2.94. The van der Waals surface area contributed by atoms with Gasteiger partial charge in [-0.05, 0) is 43.9 Å². The molecule has 1 unspecified atom stereocenters. The molecular weight excluding hydrogens is 310 g/mol. The lowest BCUT2D eigenvalue weighted by Gasteiger charge is -2.23. The normalized spacial score (nSPS) is 18.4. The van der Waals surface area contributed by atoms with Crippen molar-refractivity contribution in [1.29, 1.82) is 0 Å². The maximum atomic E-state index is 12.5. The summed E-state index contributed by atoms with van der Waals surface area (Å²) in [5, 5.41) is 0. The van der Waals surface area contributed by atoms with Gasteiger partial charge in [-0.2, -0.15) is 17.4 Å². The molecule has 1 aromatic rings. The molecule has 1 N–H and O–H groups in total. The van der Waals surface area contributed by atoms with Gasteiger partial charge in [0.2, 0.25) is 0 Å². The Hall–Kier alpha value is -1.11. The predicted octanol–water partition coefficient (Wildman–Crippen LogP) is 2.39. The topological polar surface area (TPSA) is 52.7 Å². The second-order valence-electron chi connectivity index (χ2n) is 6.60. The summed E-state index contributed by atoms with van der Waals surface area (Å²) in [4.78, 5) is 2.05. The van der Waals surface area contributed by atoms with Crippen molar-refractivity contribution in [3.8, 4) is 0 Å². The van der Waals surface area contributed by atoms with Gasteiger partial charge in [-0.3, -0.25) is 0 Å². The Morgan fingerprint density at radius 1 is 1.09 bits per heavy atom. The van der Waals surface area contributed by atoms with Crippen molar-refractivity contribution >= 4 is 15.9 Å². The number of nitrogens with zero attached hydrogens (tertiary/aromatic N) is 2. The number of benzene rings is 1. The molecule has 1 fully saturated rings. The van der Waals surface area contributed by atoms with Crippen LogP contribution in [0.3, 0.4) is 0 Å². The van der Waals surface area contributed by atoms with Gasteiger partial charge in [-0.25, -0.2) is 0 Å². The first-order valence-corrected chi connectivity index (χ1v) is 9.86. The second-order valence-corrected chi connectivity index (χ2v) is 8.30. The van der Waals surface area contributed by atoms with Crippen molar-refractivity contribution in [2.45, 2.75) is 45.1 Å². The molecule has 2 rings (SSSR count). The Morgan fingerprint density at radius 3 is 2.17 bits per heavy atom. The Morgan fingerprint density at radius 2 is 1.65 bits per heavy atom. The van der Waals surface area contributed by atoms with Crippen LogP contribution < -0.4 is 9.62 Å². The smallest absolute Gasteiger partial charge is 0.279 e. The summed E-state index contributed by atoms with van der Waals surface area (Å²) in [7, 11) is 0.641. The quantitative estimate of drug-likeness (QED) is 0.866. The van der Waals surface area contributed by atoms with Gasteiger partial charge >= 0.3 is 0 Å². The van der Waals surface area contributed by atoms with Crippen LogP contribution in [0.1, 0.15) is 38.2 Å². The average Bonchev–Trinajstić information content (AvgIpc) is 2.76. The van der Waals surface area contributed by atoms with Gasteiger partial charge < -0.3 is 4.90 Å². The fourth-order valence-corrected chi connectivity index (χ4v) is 4.42. The van der Waals surface area contributed by atoms with Crippen LogP contribution in [0, 0.1) is 0 Å². The largest absolute Gasteiger partial charge is 0.378 e. The molecule has 1 aliphatic rings. The zero-order valence-corrected chi connectivity index (χ0v) is 15.3. The van der Waals surface area contributed by atoms with Crippen molar-refractivity contribution in [3.63, 3.8) is 0 Å². The van der Waals surface area contributed by atoms with Gasteiger partial charge in [0.05, 0.1) is 0 Å². The molecule has 1 aromatic carbocycles. The molecule has 0 amide bonds. The van der Waals surface area contributed by atoms with Crippen molar-refractivity contribution in [3.05, 3.63) is 29.8 Å². The first-order valence-electron chi connectivity index (χ1n) is 8.42. The summed E-state index contributed by atoms with van der Waals surface area (Å²) in [5.41, 5.74) is 2.29. The molecule has 0 saturated carbocycles. The highest BCUT2D eigenvalue weighted by molar-refractivity contribution is 7.87. The minimum absolute atomic E-state index is 0.117. The first-order chi connectivity index (χ1) is 10.9. The van der Waals surface area contributed by atoms with Gasteiger partial charge in [-0.1, -0.05) is 25.0 Å². The Kier molecular flexibility index (Phi) is 6.44. The van der Waals surface area contributed by atoms with Crippen LogP contribution in [0.2, 0.25) is 0 Å². The van der Waals surface area contributed by atoms with Gasteiger partial charge in [-0.15, -0.1) is 0 Å². The highest BCUT2D eigenvalue weighted by Crippen LogP contribution is 2.15. The first kappa shape index (κ1) is 18.2. The van der Waals surface area contributed by atoms with Crippen LogP contribution in [0.5, 0.6) is 0 Å². The standard InChI is InChI=1S/C17H29N3O2S/c1-15(14-16-8-10-17(11-9-16)19(2)3)18-23(21,22)20-12-6-4-5-7-13-20/h8-11,15,18H,4-7,12-14H2,1-3H3. The molecule has 5 nitrogen and oxygen atoms in total. The van der Waals surface area contributed by atoms with Crippen molar-refractivity contribution in [1.82, 2.24) is 9.03 Å². The van der Waals surface area contributed by atoms with Crippen LogP contribution in [-0.2, 0) is 16.6 Å². The second kappa shape index (κ2) is 8.13. The van der Waals surface area contributed by atoms with Crippen LogP contribution in [0.25, 0.3) is 0 Å². The summed E-state index contributed by atoms with van der Waals surface area (Å²) in [6.07, 6.45) is 4.86. The SMILES string of the molecule is CC(Cc1ccc(N(C)C)cc1)NS(=O)(=O)N1CCCCCC1. The van der Waals surface area contributed by atoms with Crippen molar-refractivity contribution in [2.75, 3.05) is 32.1 Å². The third-order valence-electron chi connectivity index (χ3n) is 4.25. The minimum atomic E-state index is -3.37. The molecule has 1 saturated heterocycles. The lowest BCUT2D eigenvalue weighted by Crippen LogP contribution is -2.45. The monoisotopic (exact) mass is 339 g/mol. The van der Waals surface area contributed by atoms with E-state index in [1.165, 1.54) is 0 Å². The summed E-state index contributed by atoms with van der Waals surface area (Å²) in [6, 6.07) is 8.13. The highest BCUT2D eigenvalue weighted by atomic mass is 32.2. The minimum Gasteiger partial charge on any atom is -0.378 e. The lowest BCUT2D eigenvalue weighted by atomic mass is 10.1. The molecule has 0 aromatic heterocycles. The molecule has 0 radical (unpaired) electrons. The molecule has 0 aliphatic carbocycles. The summed E-state index contributed by atoms with van der Waals surface area (Å²) in [5.74, 6) is 0. The number of anilines is 1. The highest BCUT2D eigenvalue weighted by Gasteiger charge is 2.24. The van der Waals surface area contributed by atoms with Gasteiger partial charge in [0.25, 0.3) is 10.2 Å². The van der Waals surface area contributed by atoms with Crippen LogP contribution >= 0.6 is 0 Å². The predicted molar refractivity (Wildman–Crippen MR) is 96.0 cm³/mol. The van der Waals surface area contributed by atoms with Gasteiger partial charge in [0.1, 0.15) is 0 Å². The maximum Gasteiger partial charge on any atom is 0.279 e. The molecule has 1 aliphatic heterocycles. The molecule has 1 heterocycles. The summed E-state index contributed by atoms with van der Waals surface area (Å²) >= 11 is 0. The van der Waals surface area contributed by atoms with Gasteiger partial charge in [0, 0.05) is 38.9 Å². The summed E-state index contributed by atoms with van der Waals surface area (Å²) < 4.78 is 29.4. The Bertz CT molecular complexity index is 576. The molecule has 130 valence electrons. The van der Waals surface area contributed by atoms with Crippen LogP contribution in [-0.4, -0.2) is 45.9 Å². The average molecular weight is 340 g/mol. The third-order valence-corrected chi connectivity index (χ3v) is 5.99. The van der Waals surface area contributed by atoms with E-state index in [1.54, 1.807) is 4.31 Å². The summed E-state index contributed by atoms with van der Waals surface area (Å²) in [6.45, 7) is 3.20. The Labute approximate surface area is 140 Å². The van der Waals surface area contributed by atoms with E-state index < -0.39 is 10.2 Å². The third kappa shape index (κ3) is 5.48. The molecule has 0 spiro atoms. The number of rotatable bonds is 6. The number of nitrogens with one attached hydrogen (secondary N) is 1. The van der Waals surface area contributed by atoms with Crippen molar-refractivity contribution < 1.29 is 8.42 Å². The number of hydrogen-bond acceptors (Lipinski definition) is 3. The van der Waals surface area contributed by atoms with Crippen molar-refractivity contribution in [2.24, 2.45) is 0 Å². The maximum absolute atomic E-state index is 12.5. The van der Waals surface area contributed by atoms with E-state index >= 15 is 0 Å². The molecule has 23 heavy (non-hydrogen) atoms. The van der Waals surface area contributed by atoms with Gasteiger partial charge in [0.15, 0.2) is 0 Å². The van der Waals surface area contributed by atoms with E-state index in [1.807, 2.05) is 21.0 Å². The zero-order valence-electron chi connectivity index (χ0n) is 14.5. The number of hydrogen-bond donors (Lipinski definition) is 1. The van der Waals surface area contributed by atoms with Crippen LogP contribution in [0.15, 0.2) is 24.3 Å². The van der Waals surface area contributed by atoms with E-state index in [-0.39, 0.29) is 6.04 Å².